The number of carboxylic acids is 1. The number of benzene rings is 1. The fourth-order valence-corrected chi connectivity index (χ4v) is 4.47. The van der Waals surface area contributed by atoms with E-state index in [9.17, 15) is 27.9 Å². The molecule has 0 saturated carbocycles. The minimum atomic E-state index is -4.77. The number of fused-ring (bicyclic) bond motifs is 1. The predicted octanol–water partition coefficient (Wildman–Crippen LogP) is 5.97. The molecule has 0 saturated heterocycles. The second-order valence-electron chi connectivity index (χ2n) is 9.17. The van der Waals surface area contributed by atoms with E-state index in [-0.39, 0.29) is 33.3 Å². The summed E-state index contributed by atoms with van der Waals surface area (Å²) in [6, 6.07) is 9.40. The number of rotatable bonds is 6. The van der Waals surface area contributed by atoms with Crippen molar-refractivity contribution in [3.05, 3.63) is 92.4 Å². The SMILES string of the molecule is Cc1nnc(-c2ccc(-c3nc4c([C@@H](C)Nc5ccc(Cl)nc5C(=O)O)cc(C(F)(F)F)cn4c(=O)c3C)cc2)o1. The van der Waals surface area contributed by atoms with Crippen LogP contribution in [-0.2, 0) is 6.18 Å². The first-order valence-electron chi connectivity index (χ1n) is 12.0. The molecule has 0 aliphatic rings. The van der Waals surface area contributed by atoms with E-state index in [0.717, 1.165) is 10.5 Å². The third-order valence-electron chi connectivity index (χ3n) is 6.34. The van der Waals surface area contributed by atoms with E-state index < -0.39 is 35.0 Å². The van der Waals surface area contributed by atoms with Gasteiger partial charge in [-0.25, -0.2) is 14.8 Å². The summed E-state index contributed by atoms with van der Waals surface area (Å²) in [5, 5.41) is 20.1. The molecule has 0 bridgehead atoms. The van der Waals surface area contributed by atoms with E-state index >= 15 is 0 Å². The van der Waals surface area contributed by atoms with Gasteiger partial charge in [-0.1, -0.05) is 23.7 Å². The fraction of sp³-hybridized carbons (Fsp3) is 0.185. The second-order valence-corrected chi connectivity index (χ2v) is 9.56. The Morgan fingerprint density at radius 2 is 1.76 bits per heavy atom. The molecule has 2 N–H and O–H groups in total. The van der Waals surface area contributed by atoms with E-state index in [1.54, 1.807) is 31.2 Å². The number of pyridine rings is 2. The van der Waals surface area contributed by atoms with Crippen molar-refractivity contribution in [1.82, 2.24) is 24.6 Å². The van der Waals surface area contributed by atoms with Crippen LogP contribution in [0.25, 0.3) is 28.4 Å². The van der Waals surface area contributed by atoms with Gasteiger partial charge in [-0.3, -0.25) is 9.20 Å². The second kappa shape index (κ2) is 10.3. The van der Waals surface area contributed by atoms with Crippen LogP contribution in [0.5, 0.6) is 0 Å². The summed E-state index contributed by atoms with van der Waals surface area (Å²) in [4.78, 5) is 33.5. The van der Waals surface area contributed by atoms with Gasteiger partial charge in [-0.2, -0.15) is 13.2 Å². The lowest BCUT2D eigenvalue weighted by Crippen LogP contribution is -2.24. The Kier molecular flexibility index (Phi) is 6.99. The number of carbonyl (C=O) groups is 1. The zero-order valence-corrected chi connectivity index (χ0v) is 22.4. The highest BCUT2D eigenvalue weighted by molar-refractivity contribution is 6.29. The van der Waals surface area contributed by atoms with Crippen molar-refractivity contribution in [3.63, 3.8) is 0 Å². The van der Waals surface area contributed by atoms with Crippen LogP contribution >= 0.6 is 11.6 Å². The molecule has 1 atom stereocenters. The molecule has 0 fully saturated rings. The van der Waals surface area contributed by atoms with E-state index in [4.69, 9.17) is 16.0 Å². The molecule has 14 heteroatoms. The summed E-state index contributed by atoms with van der Waals surface area (Å²) in [6.45, 7) is 4.65. The Balaban J connectivity index is 1.66. The number of carboxylic acid groups (broad SMARTS) is 1. The molecule has 0 aliphatic carbocycles. The number of hydrogen-bond donors (Lipinski definition) is 2. The average Bonchev–Trinajstić information content (AvgIpc) is 3.36. The number of halogens is 4. The smallest absolute Gasteiger partial charge is 0.417 e. The monoisotopic (exact) mass is 584 g/mol. The first-order chi connectivity index (χ1) is 19.3. The summed E-state index contributed by atoms with van der Waals surface area (Å²) in [6.07, 6.45) is -4.07. The molecule has 0 radical (unpaired) electrons. The minimum Gasteiger partial charge on any atom is -0.476 e. The minimum absolute atomic E-state index is 0.00224. The van der Waals surface area contributed by atoms with Gasteiger partial charge < -0.3 is 14.8 Å². The van der Waals surface area contributed by atoms with Crippen molar-refractivity contribution in [1.29, 1.82) is 0 Å². The number of anilines is 1. The largest absolute Gasteiger partial charge is 0.476 e. The number of aromatic carboxylic acids is 1. The van der Waals surface area contributed by atoms with Crippen molar-refractivity contribution >= 4 is 28.9 Å². The molecule has 0 unspecified atom stereocenters. The maximum absolute atomic E-state index is 13.9. The molecule has 5 rings (SSSR count). The molecule has 4 aromatic heterocycles. The van der Waals surface area contributed by atoms with Crippen molar-refractivity contribution in [2.45, 2.75) is 33.0 Å². The Labute approximate surface area is 234 Å². The zero-order chi connectivity index (χ0) is 29.6. The molecular formula is C27H20ClF3N6O4. The van der Waals surface area contributed by atoms with E-state index in [0.29, 0.717) is 29.1 Å². The number of nitrogens with zero attached hydrogens (tertiary/aromatic N) is 5. The normalized spacial score (nSPS) is 12.5. The first kappa shape index (κ1) is 27.8. The molecule has 0 aliphatic heterocycles. The summed E-state index contributed by atoms with van der Waals surface area (Å²) in [7, 11) is 0. The molecule has 4 heterocycles. The standard InChI is InChI=1S/C27H20ClF3N6O4/c1-12-21(15-4-6-16(7-5-15)24-36-35-14(3)41-24)34-23-18(10-17(27(29,30)31)11-37(23)25(12)38)13(2)32-19-8-9-20(28)33-22(19)26(39)40/h4-11,13,32H,1-3H3,(H,39,40)/t13-/m1/s1. The third-order valence-corrected chi connectivity index (χ3v) is 6.55. The van der Waals surface area contributed by atoms with Crippen LogP contribution in [0.15, 0.2) is 57.9 Å². The van der Waals surface area contributed by atoms with Gasteiger partial charge in [0.1, 0.15) is 10.8 Å². The zero-order valence-electron chi connectivity index (χ0n) is 21.6. The van der Waals surface area contributed by atoms with Crippen LogP contribution in [0.2, 0.25) is 5.15 Å². The fourth-order valence-electron chi connectivity index (χ4n) is 4.32. The number of hydrogen-bond acceptors (Lipinski definition) is 8. The molecule has 0 spiro atoms. The number of aryl methyl sites for hydroxylation is 1. The quantitative estimate of drug-likeness (QED) is 0.231. The maximum Gasteiger partial charge on any atom is 0.417 e. The Morgan fingerprint density at radius 1 is 1.07 bits per heavy atom. The highest BCUT2D eigenvalue weighted by Crippen LogP contribution is 2.34. The summed E-state index contributed by atoms with van der Waals surface area (Å²) < 4.78 is 47.9. The van der Waals surface area contributed by atoms with Crippen LogP contribution in [0.1, 0.15) is 46.0 Å². The Morgan fingerprint density at radius 3 is 2.37 bits per heavy atom. The van der Waals surface area contributed by atoms with Crippen molar-refractivity contribution < 1.29 is 27.5 Å². The predicted molar refractivity (Wildman–Crippen MR) is 143 cm³/mol. The highest BCUT2D eigenvalue weighted by atomic mass is 35.5. The van der Waals surface area contributed by atoms with Crippen molar-refractivity contribution in [2.24, 2.45) is 0 Å². The van der Waals surface area contributed by atoms with Gasteiger partial charge in [0.25, 0.3) is 5.56 Å². The van der Waals surface area contributed by atoms with Gasteiger partial charge in [0, 0.05) is 35.4 Å². The van der Waals surface area contributed by atoms with Gasteiger partial charge in [-0.15, -0.1) is 10.2 Å². The highest BCUT2D eigenvalue weighted by Gasteiger charge is 2.33. The molecule has 10 nitrogen and oxygen atoms in total. The molecule has 210 valence electrons. The lowest BCUT2D eigenvalue weighted by molar-refractivity contribution is -0.137. The van der Waals surface area contributed by atoms with Crippen molar-refractivity contribution in [2.75, 3.05) is 5.32 Å². The van der Waals surface area contributed by atoms with Crippen LogP contribution < -0.4 is 10.9 Å². The molecule has 1 aromatic carbocycles. The topological polar surface area (TPSA) is 136 Å². The van der Waals surface area contributed by atoms with Gasteiger partial charge >= 0.3 is 12.1 Å². The summed E-state index contributed by atoms with van der Waals surface area (Å²) in [5.41, 5.74) is -0.656. The van der Waals surface area contributed by atoms with E-state index in [1.807, 2.05) is 0 Å². The summed E-state index contributed by atoms with van der Waals surface area (Å²) >= 11 is 5.83. The van der Waals surface area contributed by atoms with Crippen LogP contribution in [-0.4, -0.2) is 35.6 Å². The maximum atomic E-state index is 13.9. The molecule has 41 heavy (non-hydrogen) atoms. The van der Waals surface area contributed by atoms with Crippen LogP contribution in [0.3, 0.4) is 0 Å². The molecular weight excluding hydrogens is 565 g/mol. The van der Waals surface area contributed by atoms with Crippen LogP contribution in [0.4, 0.5) is 18.9 Å². The average molecular weight is 585 g/mol. The number of nitrogens with one attached hydrogen (secondary N) is 1. The van der Waals surface area contributed by atoms with Crippen molar-refractivity contribution in [3.8, 4) is 22.7 Å². The van der Waals surface area contributed by atoms with Gasteiger partial charge in [0.05, 0.1) is 23.0 Å². The van der Waals surface area contributed by atoms with Gasteiger partial charge in [0.2, 0.25) is 11.8 Å². The number of aromatic nitrogens is 5. The lowest BCUT2D eigenvalue weighted by atomic mass is 10.0. The van der Waals surface area contributed by atoms with E-state index in [1.165, 1.54) is 26.0 Å². The Hall–Kier alpha value is -4.78. The number of alkyl halides is 3. The molecule has 0 amide bonds. The third kappa shape index (κ3) is 5.35. The lowest BCUT2D eigenvalue weighted by Gasteiger charge is -2.21. The Bertz CT molecular complexity index is 1870. The molecule has 5 aromatic rings. The summed E-state index contributed by atoms with van der Waals surface area (Å²) in [5.74, 6) is -0.693. The van der Waals surface area contributed by atoms with Gasteiger partial charge in [0.15, 0.2) is 5.69 Å². The van der Waals surface area contributed by atoms with E-state index in [2.05, 4.69) is 25.5 Å². The van der Waals surface area contributed by atoms with Gasteiger partial charge in [-0.05, 0) is 44.2 Å². The first-order valence-corrected chi connectivity index (χ1v) is 12.4. The van der Waals surface area contributed by atoms with Crippen LogP contribution in [0, 0.1) is 13.8 Å².